The summed E-state index contributed by atoms with van der Waals surface area (Å²) in [6.07, 6.45) is 3.74. The summed E-state index contributed by atoms with van der Waals surface area (Å²) in [6.45, 7) is 9.33. The SMILES string of the molecule is CCOC(=O)C1=C[C@@]2(O[Si](C)(C)C)OCCC[C@@H]12. The van der Waals surface area contributed by atoms with E-state index in [4.69, 9.17) is 13.9 Å². The fourth-order valence-electron chi connectivity index (χ4n) is 2.58. The molecule has 0 saturated carbocycles. The molecule has 4 nitrogen and oxygen atoms in total. The lowest BCUT2D eigenvalue weighted by atomic mass is 9.74. The van der Waals surface area contributed by atoms with Crippen LogP contribution >= 0.6 is 0 Å². The Hall–Kier alpha value is -0.653. The highest BCUT2D eigenvalue weighted by Gasteiger charge is 2.55. The highest BCUT2D eigenvalue weighted by Crippen LogP contribution is 2.48. The molecule has 5 heteroatoms. The Bertz CT molecular complexity index is 372. The lowest BCUT2D eigenvalue weighted by Gasteiger charge is -2.51. The van der Waals surface area contributed by atoms with Crippen LogP contribution in [-0.4, -0.2) is 33.3 Å². The van der Waals surface area contributed by atoms with E-state index in [-0.39, 0.29) is 11.9 Å². The molecule has 2 atom stereocenters. The highest BCUT2D eigenvalue weighted by atomic mass is 28.4. The maximum Gasteiger partial charge on any atom is 0.334 e. The monoisotopic (exact) mass is 270 g/mol. The van der Waals surface area contributed by atoms with Crippen molar-refractivity contribution in [2.75, 3.05) is 13.2 Å². The Morgan fingerprint density at radius 1 is 1.56 bits per heavy atom. The summed E-state index contributed by atoms with van der Waals surface area (Å²) < 4.78 is 17.0. The summed E-state index contributed by atoms with van der Waals surface area (Å²) in [7, 11) is -1.71. The molecule has 0 N–H and O–H groups in total. The van der Waals surface area contributed by atoms with Crippen LogP contribution in [0.15, 0.2) is 11.6 Å². The molecule has 0 aromatic rings. The molecule has 1 aliphatic carbocycles. The molecule has 0 radical (unpaired) electrons. The Morgan fingerprint density at radius 2 is 2.28 bits per heavy atom. The van der Waals surface area contributed by atoms with Gasteiger partial charge in [-0.3, -0.25) is 0 Å². The summed E-state index contributed by atoms with van der Waals surface area (Å²) in [6, 6.07) is 0. The van der Waals surface area contributed by atoms with Gasteiger partial charge in [0.1, 0.15) is 0 Å². The molecule has 1 heterocycles. The second kappa shape index (κ2) is 4.79. The van der Waals surface area contributed by atoms with Crippen molar-refractivity contribution in [3.63, 3.8) is 0 Å². The van der Waals surface area contributed by atoms with Crippen LogP contribution in [-0.2, 0) is 18.7 Å². The molecular formula is C13H22O4Si. The molecule has 0 bridgehead atoms. The van der Waals surface area contributed by atoms with E-state index in [0.717, 1.165) is 18.4 Å². The first-order valence-electron chi connectivity index (χ1n) is 6.62. The van der Waals surface area contributed by atoms with Crippen LogP contribution in [0.2, 0.25) is 19.6 Å². The Kier molecular flexibility index (Phi) is 3.67. The smallest absolute Gasteiger partial charge is 0.334 e. The number of esters is 1. The summed E-state index contributed by atoms with van der Waals surface area (Å²) in [4.78, 5) is 11.8. The van der Waals surface area contributed by atoms with Crippen molar-refractivity contribution in [2.45, 2.75) is 45.2 Å². The number of hydrogen-bond donors (Lipinski definition) is 0. The van der Waals surface area contributed by atoms with Crippen LogP contribution in [0.4, 0.5) is 0 Å². The van der Waals surface area contributed by atoms with E-state index < -0.39 is 14.1 Å². The van der Waals surface area contributed by atoms with Gasteiger partial charge in [-0.2, -0.15) is 0 Å². The van der Waals surface area contributed by atoms with E-state index in [0.29, 0.717) is 13.2 Å². The zero-order valence-corrected chi connectivity index (χ0v) is 12.6. The molecule has 1 saturated heterocycles. The quantitative estimate of drug-likeness (QED) is 0.581. The normalized spacial score (nSPS) is 31.1. The molecule has 2 aliphatic rings. The van der Waals surface area contributed by atoms with Gasteiger partial charge in [-0.1, -0.05) is 0 Å². The van der Waals surface area contributed by atoms with E-state index in [1.54, 1.807) is 0 Å². The van der Waals surface area contributed by atoms with Gasteiger partial charge < -0.3 is 13.9 Å². The van der Waals surface area contributed by atoms with Gasteiger partial charge in [0, 0.05) is 11.5 Å². The maximum atomic E-state index is 11.8. The molecular weight excluding hydrogens is 248 g/mol. The number of hydrogen-bond acceptors (Lipinski definition) is 4. The summed E-state index contributed by atoms with van der Waals surface area (Å²) in [5.41, 5.74) is 0.731. The average molecular weight is 270 g/mol. The predicted molar refractivity (Wildman–Crippen MR) is 70.6 cm³/mol. The van der Waals surface area contributed by atoms with Gasteiger partial charge in [-0.25, -0.2) is 4.79 Å². The molecule has 1 aliphatic heterocycles. The van der Waals surface area contributed by atoms with Crippen molar-refractivity contribution >= 4 is 14.3 Å². The van der Waals surface area contributed by atoms with Gasteiger partial charge in [0.15, 0.2) is 14.1 Å². The lowest BCUT2D eigenvalue weighted by Crippen LogP contribution is -2.58. The van der Waals surface area contributed by atoms with E-state index in [1.807, 2.05) is 13.0 Å². The number of carbonyl (C=O) groups is 1. The van der Waals surface area contributed by atoms with Gasteiger partial charge in [-0.05, 0) is 45.5 Å². The zero-order valence-electron chi connectivity index (χ0n) is 11.6. The Balaban J connectivity index is 2.17. The highest BCUT2D eigenvalue weighted by molar-refractivity contribution is 6.69. The van der Waals surface area contributed by atoms with Crippen molar-refractivity contribution in [2.24, 2.45) is 5.92 Å². The average Bonchev–Trinajstić information content (AvgIpc) is 2.21. The van der Waals surface area contributed by atoms with Gasteiger partial charge in [-0.15, -0.1) is 0 Å². The number of ether oxygens (including phenoxy) is 2. The first-order chi connectivity index (χ1) is 8.38. The van der Waals surface area contributed by atoms with Crippen LogP contribution in [0.5, 0.6) is 0 Å². The summed E-state index contributed by atoms with van der Waals surface area (Å²) in [5.74, 6) is -0.815. The van der Waals surface area contributed by atoms with Crippen LogP contribution in [0, 0.1) is 5.92 Å². The molecule has 0 spiro atoms. The number of carbonyl (C=O) groups excluding carboxylic acids is 1. The third kappa shape index (κ3) is 2.53. The molecule has 0 aromatic carbocycles. The van der Waals surface area contributed by atoms with Gasteiger partial charge >= 0.3 is 5.97 Å². The van der Waals surface area contributed by atoms with Crippen LogP contribution < -0.4 is 0 Å². The topological polar surface area (TPSA) is 44.8 Å². The van der Waals surface area contributed by atoms with Crippen molar-refractivity contribution in [3.8, 4) is 0 Å². The maximum absolute atomic E-state index is 11.8. The van der Waals surface area contributed by atoms with E-state index >= 15 is 0 Å². The van der Waals surface area contributed by atoms with Crippen LogP contribution in [0.1, 0.15) is 19.8 Å². The third-order valence-corrected chi connectivity index (χ3v) is 4.09. The van der Waals surface area contributed by atoms with E-state index in [2.05, 4.69) is 19.6 Å². The molecule has 102 valence electrons. The first kappa shape index (κ1) is 13.8. The minimum Gasteiger partial charge on any atom is -0.463 e. The largest absolute Gasteiger partial charge is 0.463 e. The second-order valence-corrected chi connectivity index (χ2v) is 10.2. The summed E-state index contributed by atoms with van der Waals surface area (Å²) in [5, 5.41) is 0. The second-order valence-electron chi connectivity index (χ2n) is 5.80. The minimum atomic E-state index is -1.71. The van der Waals surface area contributed by atoms with E-state index in [1.165, 1.54) is 0 Å². The minimum absolute atomic E-state index is 0.0528. The van der Waals surface area contributed by atoms with E-state index in [9.17, 15) is 4.79 Å². The van der Waals surface area contributed by atoms with Crippen LogP contribution in [0.25, 0.3) is 0 Å². The molecule has 18 heavy (non-hydrogen) atoms. The number of rotatable bonds is 4. The lowest BCUT2D eigenvalue weighted by molar-refractivity contribution is -0.220. The van der Waals surface area contributed by atoms with Crippen molar-refractivity contribution in [1.29, 1.82) is 0 Å². The predicted octanol–water partition coefficient (Wildman–Crippen LogP) is 2.46. The molecule has 0 amide bonds. The Labute approximate surface area is 109 Å². The fourth-order valence-corrected chi connectivity index (χ4v) is 3.80. The van der Waals surface area contributed by atoms with Gasteiger partial charge in [0.25, 0.3) is 0 Å². The first-order valence-corrected chi connectivity index (χ1v) is 10.0. The van der Waals surface area contributed by atoms with Gasteiger partial charge in [0.05, 0.1) is 13.2 Å². The van der Waals surface area contributed by atoms with Crippen molar-refractivity contribution in [1.82, 2.24) is 0 Å². The fraction of sp³-hybridized carbons (Fsp3) is 0.769. The molecule has 1 fully saturated rings. The standard InChI is InChI=1S/C13H22O4Si/c1-5-15-12(14)10-9-13(17-18(2,3)4)11(10)7-6-8-16-13/h9,11H,5-8H2,1-4H3/t11-,13-/m0/s1. The molecule has 0 aromatic heterocycles. The zero-order chi connectivity index (χ0) is 13.4. The number of fused-ring (bicyclic) bond motifs is 1. The van der Waals surface area contributed by atoms with Crippen molar-refractivity contribution < 1.29 is 18.7 Å². The molecule has 0 unspecified atom stereocenters. The molecule has 2 rings (SSSR count). The van der Waals surface area contributed by atoms with Crippen LogP contribution in [0.3, 0.4) is 0 Å². The van der Waals surface area contributed by atoms with Crippen molar-refractivity contribution in [3.05, 3.63) is 11.6 Å². The summed E-state index contributed by atoms with van der Waals surface area (Å²) >= 11 is 0. The Morgan fingerprint density at radius 3 is 2.89 bits per heavy atom. The van der Waals surface area contributed by atoms with Gasteiger partial charge in [0.2, 0.25) is 0 Å². The third-order valence-electron chi connectivity index (χ3n) is 3.16.